The lowest BCUT2D eigenvalue weighted by atomic mass is 10.1. The number of nitrogens with zero attached hydrogens (tertiary/aromatic N) is 2. The summed E-state index contributed by atoms with van der Waals surface area (Å²) in [5.74, 6) is 0.118. The van der Waals surface area contributed by atoms with E-state index < -0.39 is 10.0 Å². The third-order valence-electron chi connectivity index (χ3n) is 5.98. The summed E-state index contributed by atoms with van der Waals surface area (Å²) < 4.78 is 27.1. The molecule has 1 amide bonds. The van der Waals surface area contributed by atoms with E-state index in [-0.39, 0.29) is 11.9 Å². The van der Waals surface area contributed by atoms with Gasteiger partial charge in [-0.15, -0.1) is 0 Å². The number of carbonyl (C=O) groups is 1. The minimum Gasteiger partial charge on any atom is -0.309 e. The Hall–Kier alpha value is -2.18. The number of rotatable bonds is 5. The highest BCUT2D eigenvalue weighted by Crippen LogP contribution is 2.32. The van der Waals surface area contributed by atoms with E-state index in [9.17, 15) is 13.2 Å². The highest BCUT2D eigenvalue weighted by Gasteiger charge is 2.30. The van der Waals surface area contributed by atoms with E-state index in [1.54, 1.807) is 16.4 Å². The van der Waals surface area contributed by atoms with E-state index in [1.807, 2.05) is 35.2 Å². The van der Waals surface area contributed by atoms with Crippen LogP contribution in [0.2, 0.25) is 0 Å². The van der Waals surface area contributed by atoms with Gasteiger partial charge in [0.1, 0.15) is 0 Å². The lowest BCUT2D eigenvalue weighted by Gasteiger charge is -2.26. The first-order valence-electron chi connectivity index (χ1n) is 10.5. The summed E-state index contributed by atoms with van der Waals surface area (Å²) >= 11 is 0. The van der Waals surface area contributed by atoms with Crippen molar-refractivity contribution in [3.05, 3.63) is 59.7 Å². The van der Waals surface area contributed by atoms with Gasteiger partial charge in [-0.25, -0.2) is 8.42 Å². The van der Waals surface area contributed by atoms with Crippen molar-refractivity contribution >= 4 is 21.6 Å². The minimum atomic E-state index is -3.41. The van der Waals surface area contributed by atoms with Gasteiger partial charge in [-0.05, 0) is 61.9 Å². The van der Waals surface area contributed by atoms with Gasteiger partial charge >= 0.3 is 0 Å². The molecule has 2 heterocycles. The van der Waals surface area contributed by atoms with Crippen LogP contribution < -0.4 is 4.90 Å². The van der Waals surface area contributed by atoms with E-state index in [2.05, 4.69) is 13.0 Å². The molecule has 1 atom stereocenters. The number of fused-ring (bicyclic) bond motifs is 1. The molecule has 29 heavy (non-hydrogen) atoms. The van der Waals surface area contributed by atoms with Crippen molar-refractivity contribution in [1.82, 2.24) is 4.31 Å². The molecule has 4 rings (SSSR count). The topological polar surface area (TPSA) is 57.7 Å². The van der Waals surface area contributed by atoms with Crippen molar-refractivity contribution in [2.24, 2.45) is 0 Å². The van der Waals surface area contributed by atoms with Gasteiger partial charge in [-0.1, -0.05) is 36.8 Å². The van der Waals surface area contributed by atoms with Crippen molar-refractivity contribution in [2.45, 2.75) is 56.4 Å². The van der Waals surface area contributed by atoms with Crippen molar-refractivity contribution in [1.29, 1.82) is 0 Å². The first-order valence-corrected chi connectivity index (χ1v) is 11.9. The number of aryl methyl sites for hydroxylation is 1. The molecule has 2 aliphatic rings. The number of hydrogen-bond donors (Lipinski definition) is 0. The maximum Gasteiger partial charge on any atom is 0.243 e. The standard InChI is InChI=1S/C23H28N2O3S/c1-18-17-20-7-3-4-8-22(20)25(18)23(26)14-11-19-9-12-21(13-10-19)29(27,28)24-15-5-2-6-16-24/h3-4,7-10,12-13,18H,2,5-6,11,14-17H2,1H3/t18-/m0/s1. The molecular formula is C23H28N2O3S. The third-order valence-corrected chi connectivity index (χ3v) is 7.89. The van der Waals surface area contributed by atoms with Crippen LogP contribution in [0, 0.1) is 0 Å². The number of sulfonamides is 1. The van der Waals surface area contributed by atoms with Gasteiger partial charge in [0.25, 0.3) is 0 Å². The smallest absolute Gasteiger partial charge is 0.243 e. The van der Waals surface area contributed by atoms with E-state index in [1.165, 1.54) is 5.56 Å². The molecule has 0 aliphatic carbocycles. The maximum absolute atomic E-state index is 12.8. The zero-order valence-corrected chi connectivity index (χ0v) is 17.7. The van der Waals surface area contributed by atoms with E-state index in [0.29, 0.717) is 30.8 Å². The number of carbonyl (C=O) groups excluding carboxylic acids is 1. The number of amides is 1. The molecule has 2 aromatic rings. The van der Waals surface area contributed by atoms with E-state index in [4.69, 9.17) is 0 Å². The summed E-state index contributed by atoms with van der Waals surface area (Å²) in [7, 11) is -3.41. The van der Waals surface area contributed by atoms with Gasteiger partial charge in [0.2, 0.25) is 15.9 Å². The Morgan fingerprint density at radius 1 is 1.00 bits per heavy atom. The number of anilines is 1. The summed E-state index contributed by atoms with van der Waals surface area (Å²) in [6, 6.07) is 15.3. The first kappa shape index (κ1) is 20.1. The molecule has 2 aromatic carbocycles. The van der Waals surface area contributed by atoms with Gasteiger partial charge < -0.3 is 4.90 Å². The molecule has 0 bridgehead atoms. The van der Waals surface area contributed by atoms with Gasteiger partial charge in [0.15, 0.2) is 0 Å². The number of piperidine rings is 1. The lowest BCUT2D eigenvalue weighted by molar-refractivity contribution is -0.118. The van der Waals surface area contributed by atoms with Crippen LogP contribution in [0.1, 0.15) is 43.7 Å². The van der Waals surface area contributed by atoms with Crippen LogP contribution >= 0.6 is 0 Å². The average Bonchev–Trinajstić information content (AvgIpc) is 3.08. The number of hydrogen-bond acceptors (Lipinski definition) is 3. The molecular weight excluding hydrogens is 384 g/mol. The zero-order chi connectivity index (χ0) is 20.4. The van der Waals surface area contributed by atoms with Gasteiger partial charge in [0.05, 0.1) is 4.90 Å². The van der Waals surface area contributed by atoms with Gasteiger partial charge in [-0.3, -0.25) is 4.79 Å². The SMILES string of the molecule is C[C@H]1Cc2ccccc2N1C(=O)CCc1ccc(S(=O)(=O)N2CCCCC2)cc1. The van der Waals surface area contributed by atoms with Crippen LogP contribution in [0.3, 0.4) is 0 Å². The van der Waals surface area contributed by atoms with Crippen LogP contribution in [0.4, 0.5) is 5.69 Å². The first-order chi connectivity index (χ1) is 14.0. The Balaban J connectivity index is 1.40. The quantitative estimate of drug-likeness (QED) is 0.751. The second-order valence-electron chi connectivity index (χ2n) is 8.05. The summed E-state index contributed by atoms with van der Waals surface area (Å²) in [4.78, 5) is 15.1. The van der Waals surface area contributed by atoms with Crippen LogP contribution in [-0.4, -0.2) is 37.8 Å². The molecule has 5 nitrogen and oxygen atoms in total. The summed E-state index contributed by atoms with van der Waals surface area (Å²) in [6.45, 7) is 3.29. The fourth-order valence-corrected chi connectivity index (χ4v) is 5.92. The van der Waals surface area contributed by atoms with Gasteiger partial charge in [-0.2, -0.15) is 4.31 Å². The molecule has 0 unspecified atom stereocenters. The van der Waals surface area contributed by atoms with E-state index in [0.717, 1.165) is 36.9 Å². The highest BCUT2D eigenvalue weighted by molar-refractivity contribution is 7.89. The maximum atomic E-state index is 12.8. The molecule has 0 N–H and O–H groups in total. The number of benzene rings is 2. The van der Waals surface area contributed by atoms with Crippen LogP contribution in [0.15, 0.2) is 53.4 Å². The predicted octanol–water partition coefficient (Wildman–Crippen LogP) is 3.77. The molecule has 0 spiro atoms. The van der Waals surface area contributed by atoms with Gasteiger partial charge in [0, 0.05) is 31.2 Å². The zero-order valence-electron chi connectivity index (χ0n) is 16.9. The Morgan fingerprint density at radius 3 is 2.41 bits per heavy atom. The molecule has 154 valence electrons. The summed E-state index contributed by atoms with van der Waals surface area (Å²) in [6.07, 6.45) is 4.87. The summed E-state index contributed by atoms with van der Waals surface area (Å²) in [5, 5.41) is 0. The van der Waals surface area contributed by atoms with Crippen LogP contribution in [0.5, 0.6) is 0 Å². The minimum absolute atomic E-state index is 0.118. The van der Waals surface area contributed by atoms with Crippen LogP contribution in [0.25, 0.3) is 0 Å². The van der Waals surface area contributed by atoms with Crippen molar-refractivity contribution in [2.75, 3.05) is 18.0 Å². The third kappa shape index (κ3) is 4.09. The molecule has 0 saturated carbocycles. The molecule has 0 aromatic heterocycles. The molecule has 1 saturated heterocycles. The fourth-order valence-electron chi connectivity index (χ4n) is 4.40. The van der Waals surface area contributed by atoms with Crippen molar-refractivity contribution < 1.29 is 13.2 Å². The average molecular weight is 413 g/mol. The second kappa shape index (κ2) is 8.28. The Labute approximate surface area is 173 Å². The fraction of sp³-hybridized carbons (Fsp3) is 0.435. The highest BCUT2D eigenvalue weighted by atomic mass is 32.2. The molecule has 0 radical (unpaired) electrons. The Bertz CT molecular complexity index is 979. The molecule has 1 fully saturated rings. The van der Waals surface area contributed by atoms with E-state index >= 15 is 0 Å². The largest absolute Gasteiger partial charge is 0.309 e. The normalized spacial score (nSPS) is 19.9. The molecule has 6 heteroatoms. The second-order valence-corrected chi connectivity index (χ2v) is 9.99. The Kier molecular flexibility index (Phi) is 5.74. The van der Waals surface area contributed by atoms with Crippen molar-refractivity contribution in [3.8, 4) is 0 Å². The molecule has 2 aliphatic heterocycles. The lowest BCUT2D eigenvalue weighted by Crippen LogP contribution is -2.36. The van der Waals surface area contributed by atoms with Crippen molar-refractivity contribution in [3.63, 3.8) is 0 Å². The predicted molar refractivity (Wildman–Crippen MR) is 114 cm³/mol. The monoisotopic (exact) mass is 412 g/mol. The Morgan fingerprint density at radius 2 is 1.69 bits per heavy atom. The number of para-hydroxylation sites is 1. The summed E-state index contributed by atoms with van der Waals surface area (Å²) in [5.41, 5.74) is 3.23. The van der Waals surface area contributed by atoms with Crippen LogP contribution in [-0.2, 0) is 27.7 Å².